The van der Waals surface area contributed by atoms with E-state index in [1.165, 1.54) is 12.8 Å². The highest BCUT2D eigenvalue weighted by Gasteiger charge is 2.20. The first kappa shape index (κ1) is 10.9. The van der Waals surface area contributed by atoms with Gasteiger partial charge in [0.15, 0.2) is 0 Å². The van der Waals surface area contributed by atoms with Crippen LogP contribution in [0.15, 0.2) is 12.1 Å². The molecular formula is C11H13Cl2NO. The lowest BCUT2D eigenvalue weighted by atomic mass is 10.3. The van der Waals surface area contributed by atoms with E-state index in [1.807, 2.05) is 0 Å². The number of benzene rings is 1. The Hall–Kier alpha value is -0.600. The molecule has 82 valence electrons. The molecule has 2 rings (SSSR count). The van der Waals surface area contributed by atoms with Crippen molar-refractivity contribution in [3.63, 3.8) is 0 Å². The molecule has 1 aromatic rings. The van der Waals surface area contributed by atoms with Crippen molar-refractivity contribution in [2.75, 3.05) is 12.3 Å². The SMILES string of the molecule is Nc1cc(Cl)c(Cl)cc1OCCC1CC1. The van der Waals surface area contributed by atoms with E-state index in [1.54, 1.807) is 12.1 Å². The number of hydrogen-bond donors (Lipinski definition) is 1. The van der Waals surface area contributed by atoms with Gasteiger partial charge in [0.2, 0.25) is 0 Å². The third kappa shape index (κ3) is 2.93. The zero-order valence-corrected chi connectivity index (χ0v) is 9.81. The van der Waals surface area contributed by atoms with Gasteiger partial charge in [-0.05, 0) is 18.4 Å². The van der Waals surface area contributed by atoms with E-state index in [2.05, 4.69) is 0 Å². The third-order valence-corrected chi connectivity index (χ3v) is 3.26. The van der Waals surface area contributed by atoms with Crippen LogP contribution in [0, 0.1) is 5.92 Å². The molecule has 0 unspecified atom stereocenters. The Bertz CT molecular complexity index is 364. The van der Waals surface area contributed by atoms with Crippen molar-refractivity contribution in [1.29, 1.82) is 0 Å². The van der Waals surface area contributed by atoms with Gasteiger partial charge in [0.05, 0.1) is 22.3 Å². The van der Waals surface area contributed by atoms with Crippen LogP contribution in [0.1, 0.15) is 19.3 Å². The van der Waals surface area contributed by atoms with Crippen LogP contribution < -0.4 is 10.5 Å². The smallest absolute Gasteiger partial charge is 0.143 e. The van der Waals surface area contributed by atoms with Gasteiger partial charge in [0.25, 0.3) is 0 Å². The van der Waals surface area contributed by atoms with Crippen molar-refractivity contribution in [1.82, 2.24) is 0 Å². The maximum atomic E-state index is 5.87. The van der Waals surface area contributed by atoms with E-state index >= 15 is 0 Å². The van der Waals surface area contributed by atoms with Gasteiger partial charge in [0.1, 0.15) is 5.75 Å². The number of halogens is 2. The standard InChI is InChI=1S/C11H13Cl2NO/c12-8-5-10(14)11(6-9(8)13)15-4-3-7-1-2-7/h5-7H,1-4,14H2. The highest BCUT2D eigenvalue weighted by Crippen LogP contribution is 2.34. The van der Waals surface area contributed by atoms with Crippen molar-refractivity contribution in [3.8, 4) is 5.75 Å². The molecule has 0 bridgehead atoms. The summed E-state index contributed by atoms with van der Waals surface area (Å²) in [6.45, 7) is 0.701. The van der Waals surface area contributed by atoms with E-state index in [-0.39, 0.29) is 0 Å². The minimum absolute atomic E-state index is 0.462. The summed E-state index contributed by atoms with van der Waals surface area (Å²) in [5.41, 5.74) is 6.30. The average Bonchev–Trinajstić information content (AvgIpc) is 2.97. The van der Waals surface area contributed by atoms with Crippen LogP contribution in [-0.4, -0.2) is 6.61 Å². The Balaban J connectivity index is 1.96. The van der Waals surface area contributed by atoms with Gasteiger partial charge < -0.3 is 10.5 Å². The van der Waals surface area contributed by atoms with Crippen molar-refractivity contribution in [2.24, 2.45) is 5.92 Å². The van der Waals surface area contributed by atoms with Crippen molar-refractivity contribution in [2.45, 2.75) is 19.3 Å². The van der Waals surface area contributed by atoms with Crippen LogP contribution in [0.25, 0.3) is 0 Å². The van der Waals surface area contributed by atoms with E-state index in [0.29, 0.717) is 28.1 Å². The molecule has 0 aromatic heterocycles. The molecule has 0 heterocycles. The fourth-order valence-electron chi connectivity index (χ4n) is 1.41. The Morgan fingerprint density at radius 1 is 1.27 bits per heavy atom. The van der Waals surface area contributed by atoms with Gasteiger partial charge in [0, 0.05) is 6.07 Å². The van der Waals surface area contributed by atoms with E-state index in [4.69, 9.17) is 33.7 Å². The van der Waals surface area contributed by atoms with Gasteiger partial charge in [-0.3, -0.25) is 0 Å². The van der Waals surface area contributed by atoms with E-state index in [0.717, 1.165) is 12.3 Å². The lowest BCUT2D eigenvalue weighted by Gasteiger charge is -2.09. The normalized spacial score (nSPS) is 15.3. The van der Waals surface area contributed by atoms with Crippen LogP contribution >= 0.6 is 23.2 Å². The average molecular weight is 246 g/mol. The molecule has 0 spiro atoms. The summed E-state index contributed by atoms with van der Waals surface area (Å²) in [7, 11) is 0. The Morgan fingerprint density at radius 2 is 1.93 bits per heavy atom. The van der Waals surface area contributed by atoms with Gasteiger partial charge in [-0.1, -0.05) is 36.0 Å². The predicted octanol–water partition coefficient (Wildman–Crippen LogP) is 3.75. The van der Waals surface area contributed by atoms with Crippen LogP contribution in [0.3, 0.4) is 0 Å². The Morgan fingerprint density at radius 3 is 2.60 bits per heavy atom. The van der Waals surface area contributed by atoms with Crippen LogP contribution in [-0.2, 0) is 0 Å². The molecule has 1 fully saturated rings. The number of ether oxygens (including phenoxy) is 1. The lowest BCUT2D eigenvalue weighted by molar-refractivity contribution is 0.304. The minimum atomic E-state index is 0.462. The monoisotopic (exact) mass is 245 g/mol. The van der Waals surface area contributed by atoms with Crippen LogP contribution in [0.5, 0.6) is 5.75 Å². The molecule has 0 amide bonds. The molecule has 1 aliphatic carbocycles. The number of nitrogen functional groups attached to an aromatic ring is 1. The molecule has 4 heteroatoms. The fourth-order valence-corrected chi connectivity index (χ4v) is 1.74. The summed E-state index contributed by atoms with van der Waals surface area (Å²) in [4.78, 5) is 0. The van der Waals surface area contributed by atoms with Crippen molar-refractivity contribution < 1.29 is 4.74 Å². The lowest BCUT2D eigenvalue weighted by Crippen LogP contribution is -2.01. The molecule has 1 saturated carbocycles. The molecule has 0 saturated heterocycles. The molecule has 0 atom stereocenters. The number of nitrogens with two attached hydrogens (primary N) is 1. The van der Waals surface area contributed by atoms with Crippen LogP contribution in [0.4, 0.5) is 5.69 Å². The quantitative estimate of drug-likeness (QED) is 0.821. The molecule has 1 aliphatic rings. The molecular weight excluding hydrogens is 233 g/mol. The van der Waals surface area contributed by atoms with Crippen molar-refractivity contribution >= 4 is 28.9 Å². The van der Waals surface area contributed by atoms with Gasteiger partial charge in [-0.25, -0.2) is 0 Å². The second-order valence-electron chi connectivity index (χ2n) is 3.88. The first-order chi connectivity index (χ1) is 7.16. The number of anilines is 1. The summed E-state index contributed by atoms with van der Waals surface area (Å²) < 4.78 is 5.56. The molecule has 15 heavy (non-hydrogen) atoms. The highest BCUT2D eigenvalue weighted by molar-refractivity contribution is 6.42. The summed E-state index contributed by atoms with van der Waals surface area (Å²) in [6, 6.07) is 3.29. The third-order valence-electron chi connectivity index (χ3n) is 2.53. The second-order valence-corrected chi connectivity index (χ2v) is 4.70. The van der Waals surface area contributed by atoms with E-state index < -0.39 is 0 Å². The number of rotatable bonds is 4. The van der Waals surface area contributed by atoms with Crippen LogP contribution in [0.2, 0.25) is 10.0 Å². The summed E-state index contributed by atoms with van der Waals surface area (Å²) in [5, 5.41) is 0.941. The minimum Gasteiger partial charge on any atom is -0.491 e. The van der Waals surface area contributed by atoms with Gasteiger partial charge in [-0.2, -0.15) is 0 Å². The molecule has 2 nitrogen and oxygen atoms in total. The van der Waals surface area contributed by atoms with Crippen molar-refractivity contribution in [3.05, 3.63) is 22.2 Å². The molecule has 1 aromatic carbocycles. The number of hydrogen-bond acceptors (Lipinski definition) is 2. The molecule has 0 radical (unpaired) electrons. The fraction of sp³-hybridized carbons (Fsp3) is 0.455. The summed E-state index contributed by atoms with van der Waals surface area (Å²) >= 11 is 11.7. The molecule has 0 aliphatic heterocycles. The maximum Gasteiger partial charge on any atom is 0.143 e. The first-order valence-electron chi connectivity index (χ1n) is 5.04. The second kappa shape index (κ2) is 4.50. The highest BCUT2D eigenvalue weighted by atomic mass is 35.5. The largest absolute Gasteiger partial charge is 0.491 e. The molecule has 2 N–H and O–H groups in total. The zero-order chi connectivity index (χ0) is 10.8. The zero-order valence-electron chi connectivity index (χ0n) is 8.30. The Kier molecular flexibility index (Phi) is 3.27. The maximum absolute atomic E-state index is 5.87. The topological polar surface area (TPSA) is 35.2 Å². The van der Waals surface area contributed by atoms with E-state index in [9.17, 15) is 0 Å². The summed E-state index contributed by atoms with van der Waals surface area (Å²) in [5.74, 6) is 1.49. The predicted molar refractivity (Wildman–Crippen MR) is 63.7 cm³/mol. The first-order valence-corrected chi connectivity index (χ1v) is 5.79. The summed E-state index contributed by atoms with van der Waals surface area (Å²) in [6.07, 6.45) is 3.76. The Labute approximate surface area is 99.3 Å². The van der Waals surface area contributed by atoms with Gasteiger partial charge >= 0.3 is 0 Å². The van der Waals surface area contributed by atoms with Gasteiger partial charge in [-0.15, -0.1) is 0 Å².